The normalized spacial score (nSPS) is 25.5. The van der Waals surface area contributed by atoms with Gasteiger partial charge in [0.2, 0.25) is 5.91 Å². The SMILES string of the molecule is CCC(C)C(C(=O)N1CCC(C)(O)C1)c1ccccc1. The maximum Gasteiger partial charge on any atom is 0.230 e. The zero-order chi connectivity index (χ0) is 14.8. The lowest BCUT2D eigenvalue weighted by Crippen LogP contribution is -2.38. The molecule has 110 valence electrons. The summed E-state index contributed by atoms with van der Waals surface area (Å²) in [6.07, 6.45) is 1.64. The second-order valence-electron chi connectivity index (χ2n) is 6.28. The van der Waals surface area contributed by atoms with Crippen molar-refractivity contribution in [1.82, 2.24) is 4.90 Å². The van der Waals surface area contributed by atoms with E-state index in [1.54, 1.807) is 6.92 Å². The highest BCUT2D eigenvalue weighted by atomic mass is 16.3. The van der Waals surface area contributed by atoms with Crippen LogP contribution in [0.15, 0.2) is 30.3 Å². The summed E-state index contributed by atoms with van der Waals surface area (Å²) in [6.45, 7) is 7.16. The van der Waals surface area contributed by atoms with E-state index in [0.717, 1.165) is 12.0 Å². The molecule has 0 aromatic heterocycles. The molecule has 1 aromatic carbocycles. The summed E-state index contributed by atoms with van der Waals surface area (Å²) in [4.78, 5) is 14.7. The van der Waals surface area contributed by atoms with Crippen LogP contribution in [0.3, 0.4) is 0 Å². The second-order valence-corrected chi connectivity index (χ2v) is 6.28. The third kappa shape index (κ3) is 3.21. The molecule has 0 saturated carbocycles. The molecule has 1 fully saturated rings. The molecule has 1 aliphatic rings. The first kappa shape index (κ1) is 15.0. The van der Waals surface area contributed by atoms with Crippen molar-refractivity contribution in [3.63, 3.8) is 0 Å². The largest absolute Gasteiger partial charge is 0.388 e. The Labute approximate surface area is 121 Å². The van der Waals surface area contributed by atoms with E-state index < -0.39 is 5.60 Å². The van der Waals surface area contributed by atoms with Gasteiger partial charge in [0.25, 0.3) is 0 Å². The Morgan fingerprint density at radius 3 is 2.55 bits per heavy atom. The van der Waals surface area contributed by atoms with Gasteiger partial charge in [-0.3, -0.25) is 4.79 Å². The van der Waals surface area contributed by atoms with Crippen LogP contribution in [0.25, 0.3) is 0 Å². The third-order valence-electron chi connectivity index (χ3n) is 4.40. The minimum Gasteiger partial charge on any atom is -0.388 e. The van der Waals surface area contributed by atoms with Gasteiger partial charge in [0, 0.05) is 13.1 Å². The molecule has 0 aliphatic carbocycles. The number of β-amino-alcohol motifs (C(OH)–C–C–N with tert-alkyl or cyclic N) is 1. The zero-order valence-electron chi connectivity index (χ0n) is 12.7. The minimum absolute atomic E-state index is 0.102. The predicted molar refractivity (Wildman–Crippen MR) is 80.5 cm³/mol. The molecule has 3 unspecified atom stereocenters. The molecule has 3 atom stereocenters. The van der Waals surface area contributed by atoms with E-state index in [-0.39, 0.29) is 11.8 Å². The summed E-state index contributed by atoms with van der Waals surface area (Å²) in [6, 6.07) is 10.0. The molecule has 0 spiro atoms. The summed E-state index contributed by atoms with van der Waals surface area (Å²) >= 11 is 0. The number of benzene rings is 1. The fourth-order valence-corrected chi connectivity index (χ4v) is 2.94. The summed E-state index contributed by atoms with van der Waals surface area (Å²) < 4.78 is 0. The van der Waals surface area contributed by atoms with E-state index in [2.05, 4.69) is 13.8 Å². The van der Waals surface area contributed by atoms with E-state index >= 15 is 0 Å². The van der Waals surface area contributed by atoms with Gasteiger partial charge < -0.3 is 10.0 Å². The lowest BCUT2D eigenvalue weighted by molar-refractivity contribution is -0.133. The van der Waals surface area contributed by atoms with Crippen molar-refractivity contribution in [2.24, 2.45) is 5.92 Å². The Hall–Kier alpha value is -1.35. The highest BCUT2D eigenvalue weighted by molar-refractivity contribution is 5.84. The molecule has 1 amide bonds. The van der Waals surface area contributed by atoms with Crippen molar-refractivity contribution in [1.29, 1.82) is 0 Å². The lowest BCUT2D eigenvalue weighted by atomic mass is 9.84. The number of nitrogens with zero attached hydrogens (tertiary/aromatic N) is 1. The van der Waals surface area contributed by atoms with Crippen LogP contribution in [0.4, 0.5) is 0 Å². The smallest absolute Gasteiger partial charge is 0.230 e. The van der Waals surface area contributed by atoms with Crippen LogP contribution < -0.4 is 0 Å². The van der Waals surface area contributed by atoms with Gasteiger partial charge in [-0.1, -0.05) is 50.6 Å². The van der Waals surface area contributed by atoms with Gasteiger partial charge in [0.1, 0.15) is 0 Å². The van der Waals surface area contributed by atoms with E-state index in [4.69, 9.17) is 0 Å². The van der Waals surface area contributed by atoms with Gasteiger partial charge in [-0.05, 0) is 24.8 Å². The first-order chi connectivity index (χ1) is 9.44. The van der Waals surface area contributed by atoms with Gasteiger partial charge in [0.15, 0.2) is 0 Å². The number of likely N-dealkylation sites (tertiary alicyclic amines) is 1. The van der Waals surface area contributed by atoms with Gasteiger partial charge in [-0.15, -0.1) is 0 Å². The number of carbonyl (C=O) groups excluding carboxylic acids is 1. The Bertz CT molecular complexity index is 455. The molecule has 0 bridgehead atoms. The first-order valence-corrected chi connectivity index (χ1v) is 7.50. The van der Waals surface area contributed by atoms with E-state index in [1.165, 1.54) is 0 Å². The highest BCUT2D eigenvalue weighted by Crippen LogP contribution is 2.31. The Morgan fingerprint density at radius 2 is 2.05 bits per heavy atom. The maximum atomic E-state index is 12.8. The van der Waals surface area contributed by atoms with Crippen molar-refractivity contribution in [2.45, 2.75) is 45.1 Å². The monoisotopic (exact) mass is 275 g/mol. The Balaban J connectivity index is 2.22. The summed E-state index contributed by atoms with van der Waals surface area (Å²) in [5.41, 5.74) is 0.352. The highest BCUT2D eigenvalue weighted by Gasteiger charge is 2.38. The van der Waals surface area contributed by atoms with Crippen LogP contribution in [-0.4, -0.2) is 34.6 Å². The molecule has 3 nitrogen and oxygen atoms in total. The van der Waals surface area contributed by atoms with Crippen LogP contribution >= 0.6 is 0 Å². The van der Waals surface area contributed by atoms with Crippen molar-refractivity contribution < 1.29 is 9.90 Å². The number of rotatable bonds is 4. The zero-order valence-corrected chi connectivity index (χ0v) is 12.7. The molecular formula is C17H25NO2. The molecule has 0 radical (unpaired) electrons. The fraction of sp³-hybridized carbons (Fsp3) is 0.588. The minimum atomic E-state index is -0.730. The first-order valence-electron chi connectivity index (χ1n) is 7.50. The summed E-state index contributed by atoms with van der Waals surface area (Å²) in [5.74, 6) is 0.355. The average molecular weight is 275 g/mol. The van der Waals surface area contributed by atoms with Crippen LogP contribution in [0.1, 0.15) is 45.1 Å². The van der Waals surface area contributed by atoms with E-state index in [1.807, 2.05) is 35.2 Å². The number of hydrogen-bond donors (Lipinski definition) is 1. The van der Waals surface area contributed by atoms with E-state index in [0.29, 0.717) is 25.4 Å². The molecule has 1 aromatic rings. The molecule has 1 saturated heterocycles. The fourth-order valence-electron chi connectivity index (χ4n) is 2.94. The summed E-state index contributed by atoms with van der Waals surface area (Å²) in [7, 11) is 0. The standard InChI is InChI=1S/C17H25NO2/c1-4-13(2)15(14-8-6-5-7-9-14)16(19)18-11-10-17(3,20)12-18/h5-9,13,15,20H,4,10-12H2,1-3H3. The van der Waals surface area contributed by atoms with Crippen molar-refractivity contribution in [3.8, 4) is 0 Å². The number of carbonyl (C=O) groups is 1. The van der Waals surface area contributed by atoms with E-state index in [9.17, 15) is 9.90 Å². The molecule has 1 aliphatic heterocycles. The van der Waals surface area contributed by atoms with Crippen molar-refractivity contribution >= 4 is 5.91 Å². The van der Waals surface area contributed by atoms with Gasteiger partial charge in [-0.2, -0.15) is 0 Å². The number of hydrogen-bond acceptors (Lipinski definition) is 2. The number of aliphatic hydroxyl groups is 1. The number of amides is 1. The van der Waals surface area contributed by atoms with Crippen LogP contribution in [0.2, 0.25) is 0 Å². The Kier molecular flexibility index (Phi) is 4.48. The topological polar surface area (TPSA) is 40.5 Å². The third-order valence-corrected chi connectivity index (χ3v) is 4.40. The molecule has 3 heteroatoms. The van der Waals surface area contributed by atoms with Gasteiger partial charge in [0.05, 0.1) is 11.5 Å². The molecule has 1 heterocycles. The predicted octanol–water partition coefficient (Wildman–Crippen LogP) is 2.80. The van der Waals surface area contributed by atoms with Crippen LogP contribution in [0, 0.1) is 5.92 Å². The second kappa shape index (κ2) is 5.96. The van der Waals surface area contributed by atoms with Crippen molar-refractivity contribution in [3.05, 3.63) is 35.9 Å². The molecule has 20 heavy (non-hydrogen) atoms. The quantitative estimate of drug-likeness (QED) is 0.918. The molecular weight excluding hydrogens is 250 g/mol. The molecule has 1 N–H and O–H groups in total. The van der Waals surface area contributed by atoms with Crippen LogP contribution in [-0.2, 0) is 4.79 Å². The Morgan fingerprint density at radius 1 is 1.40 bits per heavy atom. The maximum absolute atomic E-state index is 12.8. The average Bonchev–Trinajstić information content (AvgIpc) is 2.80. The molecule has 2 rings (SSSR count). The van der Waals surface area contributed by atoms with Gasteiger partial charge in [-0.25, -0.2) is 0 Å². The van der Waals surface area contributed by atoms with Crippen molar-refractivity contribution in [2.75, 3.05) is 13.1 Å². The van der Waals surface area contributed by atoms with Gasteiger partial charge >= 0.3 is 0 Å². The lowest BCUT2D eigenvalue weighted by Gasteiger charge is -2.28. The summed E-state index contributed by atoms with van der Waals surface area (Å²) in [5, 5.41) is 10.1. The van der Waals surface area contributed by atoms with Crippen LogP contribution in [0.5, 0.6) is 0 Å².